The highest BCUT2D eigenvalue weighted by molar-refractivity contribution is 9.10. The Kier molecular flexibility index (Phi) is 5.77. The Labute approximate surface area is 170 Å². The summed E-state index contributed by atoms with van der Waals surface area (Å²) in [6.45, 7) is 1.73. The van der Waals surface area contributed by atoms with Crippen LogP contribution in [0.25, 0.3) is 6.08 Å². The molecule has 1 heterocycles. The van der Waals surface area contributed by atoms with Gasteiger partial charge in [0, 0.05) is 20.8 Å². The highest BCUT2D eigenvalue weighted by Crippen LogP contribution is 2.29. The van der Waals surface area contributed by atoms with Crippen molar-refractivity contribution in [3.63, 3.8) is 0 Å². The average molecular weight is 448 g/mol. The maximum Gasteiger partial charge on any atom is 0.331 e. The fourth-order valence-corrected chi connectivity index (χ4v) is 3.18. The Morgan fingerprint density at radius 1 is 1.22 bits per heavy atom. The summed E-state index contributed by atoms with van der Waals surface area (Å²) in [7, 11) is 0. The number of rotatable bonds is 5. The molecule has 7 heteroatoms. The monoisotopic (exact) mass is 446 g/mol. The number of carbonyl (C=O) groups excluding carboxylic acids is 1. The summed E-state index contributed by atoms with van der Waals surface area (Å²) >= 11 is 9.24. The van der Waals surface area contributed by atoms with Crippen molar-refractivity contribution in [3.8, 4) is 0 Å². The van der Waals surface area contributed by atoms with Crippen LogP contribution in [-0.2, 0) is 9.59 Å². The quantitative estimate of drug-likeness (QED) is 0.656. The van der Waals surface area contributed by atoms with Gasteiger partial charge in [0.25, 0.3) is 5.91 Å². The average Bonchev–Trinajstić information content (AvgIpc) is 2.91. The minimum Gasteiger partial charge on any atom is -0.478 e. The van der Waals surface area contributed by atoms with Crippen LogP contribution in [-0.4, -0.2) is 22.7 Å². The number of halogens is 2. The Morgan fingerprint density at radius 3 is 2.44 bits per heavy atom. The third kappa shape index (κ3) is 4.46. The van der Waals surface area contributed by atoms with Crippen molar-refractivity contribution >= 4 is 56.9 Å². The van der Waals surface area contributed by atoms with E-state index in [-0.39, 0.29) is 17.9 Å². The molecule has 5 nitrogen and oxygen atoms in total. The van der Waals surface area contributed by atoms with Gasteiger partial charge in [-0.1, -0.05) is 39.7 Å². The van der Waals surface area contributed by atoms with E-state index in [1.807, 2.05) is 24.3 Å². The molecule has 1 atom stereocenters. The fourth-order valence-electron chi connectivity index (χ4n) is 2.79. The zero-order chi connectivity index (χ0) is 19.6. The number of carboxylic acid groups (broad SMARTS) is 1. The maximum absolute atomic E-state index is 12.8. The first-order chi connectivity index (χ1) is 12.8. The van der Waals surface area contributed by atoms with Crippen LogP contribution in [0.4, 0.5) is 5.69 Å². The van der Waals surface area contributed by atoms with Gasteiger partial charge in [0.2, 0.25) is 0 Å². The number of carbonyl (C=O) groups is 2. The number of hydrogen-bond donors (Lipinski definition) is 1. The number of aliphatic carboxylic acids is 1. The van der Waals surface area contributed by atoms with E-state index in [0.29, 0.717) is 16.4 Å². The van der Waals surface area contributed by atoms with E-state index in [1.165, 1.54) is 5.01 Å². The first-order valence-electron chi connectivity index (χ1n) is 8.19. The smallest absolute Gasteiger partial charge is 0.331 e. The second-order valence-corrected chi connectivity index (χ2v) is 7.50. The molecule has 1 aliphatic rings. The zero-order valence-corrected chi connectivity index (χ0v) is 16.7. The van der Waals surface area contributed by atoms with Crippen LogP contribution >= 0.6 is 27.5 Å². The number of hydrogen-bond acceptors (Lipinski definition) is 3. The molecule has 2 aromatic rings. The first kappa shape index (κ1) is 19.3. The minimum absolute atomic E-state index is 0.0731. The summed E-state index contributed by atoms with van der Waals surface area (Å²) in [6, 6.07) is 14.1. The molecule has 27 heavy (non-hydrogen) atoms. The molecule has 138 valence electrons. The first-order valence-corrected chi connectivity index (χ1v) is 9.36. The number of benzene rings is 2. The lowest BCUT2D eigenvalue weighted by Crippen LogP contribution is -2.28. The highest BCUT2D eigenvalue weighted by Gasteiger charge is 2.35. The topological polar surface area (TPSA) is 70.0 Å². The van der Waals surface area contributed by atoms with E-state index in [1.54, 1.807) is 37.3 Å². The van der Waals surface area contributed by atoms with Crippen LogP contribution in [0.15, 0.2) is 63.7 Å². The van der Waals surface area contributed by atoms with Crippen molar-refractivity contribution in [2.24, 2.45) is 11.0 Å². The van der Waals surface area contributed by atoms with Crippen molar-refractivity contribution in [3.05, 3.63) is 69.2 Å². The Morgan fingerprint density at radius 2 is 1.85 bits per heavy atom. The van der Waals surface area contributed by atoms with Crippen LogP contribution in [0.1, 0.15) is 18.9 Å². The van der Waals surface area contributed by atoms with E-state index >= 15 is 0 Å². The molecule has 0 radical (unpaired) electrons. The van der Waals surface area contributed by atoms with Crippen LogP contribution in [0.2, 0.25) is 5.02 Å². The normalized spacial score (nSPS) is 17.2. The Balaban J connectivity index is 1.83. The third-order valence-electron chi connectivity index (χ3n) is 4.25. The summed E-state index contributed by atoms with van der Waals surface area (Å²) in [4.78, 5) is 24.5. The number of hydrazone groups is 1. The molecule has 1 N–H and O–H groups in total. The molecule has 0 saturated carbocycles. The molecule has 2 aromatic carbocycles. The lowest BCUT2D eigenvalue weighted by molar-refractivity contribution is -0.132. The van der Waals surface area contributed by atoms with Crippen molar-refractivity contribution in [2.75, 3.05) is 5.01 Å². The lowest BCUT2D eigenvalue weighted by atomic mass is 9.94. The SMILES string of the molecule is CC1=NN(c2ccc(Cl)cc2)C(=O)C1CC(=Cc1ccc(Br)cc1)C(=O)O. The van der Waals surface area contributed by atoms with Crippen molar-refractivity contribution in [1.29, 1.82) is 0 Å². The predicted octanol–water partition coefficient (Wildman–Crippen LogP) is 5.00. The summed E-state index contributed by atoms with van der Waals surface area (Å²) in [5, 5.41) is 15.8. The van der Waals surface area contributed by atoms with Gasteiger partial charge < -0.3 is 5.11 Å². The second-order valence-electron chi connectivity index (χ2n) is 6.15. The molecule has 0 fully saturated rings. The third-order valence-corrected chi connectivity index (χ3v) is 5.03. The van der Waals surface area contributed by atoms with Gasteiger partial charge in [-0.15, -0.1) is 0 Å². The molecule has 0 aromatic heterocycles. The van der Waals surface area contributed by atoms with Crippen molar-refractivity contribution < 1.29 is 14.7 Å². The molecule has 1 unspecified atom stereocenters. The van der Waals surface area contributed by atoms with E-state index in [4.69, 9.17) is 11.6 Å². The van der Waals surface area contributed by atoms with E-state index < -0.39 is 11.9 Å². The summed E-state index contributed by atoms with van der Waals surface area (Å²) in [6.07, 6.45) is 1.66. The van der Waals surface area contributed by atoms with Gasteiger partial charge >= 0.3 is 5.97 Å². The molecule has 0 saturated heterocycles. The fraction of sp³-hybridized carbons (Fsp3) is 0.150. The van der Waals surface area contributed by atoms with Gasteiger partial charge in [0.1, 0.15) is 0 Å². The molecular formula is C20H16BrClN2O3. The van der Waals surface area contributed by atoms with Crippen molar-refractivity contribution in [1.82, 2.24) is 0 Å². The largest absolute Gasteiger partial charge is 0.478 e. The zero-order valence-electron chi connectivity index (χ0n) is 14.4. The van der Waals surface area contributed by atoms with Crippen LogP contribution in [0.5, 0.6) is 0 Å². The number of carboxylic acids is 1. The predicted molar refractivity (Wildman–Crippen MR) is 110 cm³/mol. The minimum atomic E-state index is -1.05. The molecule has 0 bridgehead atoms. The van der Waals surface area contributed by atoms with Gasteiger partial charge in [-0.2, -0.15) is 5.10 Å². The summed E-state index contributed by atoms with van der Waals surface area (Å²) < 4.78 is 0.907. The van der Waals surface area contributed by atoms with E-state index in [9.17, 15) is 14.7 Å². The lowest BCUT2D eigenvalue weighted by Gasteiger charge is -2.14. The van der Waals surface area contributed by atoms with Crippen LogP contribution < -0.4 is 5.01 Å². The molecule has 0 spiro atoms. The number of amides is 1. The van der Waals surface area contributed by atoms with Crippen LogP contribution in [0.3, 0.4) is 0 Å². The molecule has 1 amide bonds. The molecular weight excluding hydrogens is 432 g/mol. The van der Waals surface area contributed by atoms with Gasteiger partial charge in [-0.25, -0.2) is 9.80 Å². The van der Waals surface area contributed by atoms with Gasteiger partial charge in [0.15, 0.2) is 0 Å². The second kappa shape index (κ2) is 8.06. The summed E-state index contributed by atoms with van der Waals surface area (Å²) in [5.41, 5.74) is 2.09. The van der Waals surface area contributed by atoms with E-state index in [2.05, 4.69) is 21.0 Å². The number of nitrogens with zero attached hydrogens (tertiary/aromatic N) is 2. The molecule has 0 aliphatic carbocycles. The standard InChI is InChI=1S/C20H16BrClN2O3/c1-12-18(19(25)24(23-12)17-8-6-16(22)7-9-17)11-14(20(26)27)10-13-2-4-15(21)5-3-13/h2-10,18H,11H2,1H3,(H,26,27). The van der Waals surface area contributed by atoms with Gasteiger partial charge in [-0.3, -0.25) is 4.79 Å². The summed E-state index contributed by atoms with van der Waals surface area (Å²) in [5.74, 6) is -1.92. The van der Waals surface area contributed by atoms with Crippen LogP contribution in [0, 0.1) is 5.92 Å². The Hall–Kier alpha value is -2.44. The highest BCUT2D eigenvalue weighted by atomic mass is 79.9. The van der Waals surface area contributed by atoms with Gasteiger partial charge in [0.05, 0.1) is 11.6 Å². The van der Waals surface area contributed by atoms with E-state index in [0.717, 1.165) is 10.0 Å². The van der Waals surface area contributed by atoms with Gasteiger partial charge in [-0.05, 0) is 61.4 Å². The molecule has 3 rings (SSSR count). The number of anilines is 1. The van der Waals surface area contributed by atoms with Crippen molar-refractivity contribution in [2.45, 2.75) is 13.3 Å². The Bertz CT molecular complexity index is 937. The molecule has 1 aliphatic heterocycles. The maximum atomic E-state index is 12.8.